The largest absolute Gasteiger partial charge is 0.497 e. The number of nitrogens with zero attached hydrogens (tertiary/aromatic N) is 2. The zero-order chi connectivity index (χ0) is 22.9. The van der Waals surface area contributed by atoms with E-state index in [0.29, 0.717) is 31.6 Å². The highest BCUT2D eigenvalue weighted by atomic mass is 16.6. The molecule has 0 saturated carbocycles. The molecule has 2 rings (SSSR count). The first-order valence-corrected chi connectivity index (χ1v) is 10.5. The van der Waals surface area contributed by atoms with Gasteiger partial charge in [-0.1, -0.05) is 13.8 Å². The van der Waals surface area contributed by atoms with Gasteiger partial charge in [-0.05, 0) is 72.1 Å². The summed E-state index contributed by atoms with van der Waals surface area (Å²) in [6.45, 7) is 13.7. The van der Waals surface area contributed by atoms with Crippen molar-refractivity contribution in [1.29, 1.82) is 0 Å². The number of carboxylic acid groups (broad SMARTS) is 1. The fourth-order valence-corrected chi connectivity index (χ4v) is 4.56. The first kappa shape index (κ1) is 23.8. The fraction of sp³-hybridized carbons (Fsp3) is 0.652. The van der Waals surface area contributed by atoms with Crippen LogP contribution in [-0.2, 0) is 10.3 Å². The zero-order valence-corrected chi connectivity index (χ0v) is 19.5. The van der Waals surface area contributed by atoms with E-state index in [4.69, 9.17) is 9.47 Å². The average Bonchev–Trinajstić information content (AvgIpc) is 2.64. The van der Waals surface area contributed by atoms with E-state index in [2.05, 4.69) is 0 Å². The molecule has 7 heteroatoms. The molecular formula is C23H36N2O5. The van der Waals surface area contributed by atoms with Crippen molar-refractivity contribution in [1.82, 2.24) is 4.90 Å². The predicted molar refractivity (Wildman–Crippen MR) is 117 cm³/mol. The maximum Gasteiger partial charge on any atom is 0.415 e. The Morgan fingerprint density at radius 1 is 1.20 bits per heavy atom. The summed E-state index contributed by atoms with van der Waals surface area (Å²) in [5.74, 6) is 0.711. The Bertz CT molecular complexity index is 793. The molecule has 0 atom stereocenters. The maximum atomic E-state index is 13.0. The van der Waals surface area contributed by atoms with Crippen molar-refractivity contribution in [3.8, 4) is 5.75 Å². The zero-order valence-electron chi connectivity index (χ0n) is 19.5. The topological polar surface area (TPSA) is 79.3 Å². The lowest BCUT2D eigenvalue weighted by Gasteiger charge is -2.47. The molecule has 7 nitrogen and oxygen atoms in total. The molecule has 1 heterocycles. The number of amides is 2. The van der Waals surface area contributed by atoms with Crippen molar-refractivity contribution in [3.05, 3.63) is 23.8 Å². The van der Waals surface area contributed by atoms with Gasteiger partial charge < -0.3 is 14.6 Å². The normalized spacial score (nSPS) is 16.0. The highest BCUT2D eigenvalue weighted by Gasteiger charge is 2.44. The van der Waals surface area contributed by atoms with E-state index in [1.165, 1.54) is 4.90 Å². The second kappa shape index (κ2) is 8.36. The molecule has 0 fully saturated rings. The summed E-state index contributed by atoms with van der Waals surface area (Å²) in [4.78, 5) is 28.0. The number of hydrogen-bond acceptors (Lipinski definition) is 4. The van der Waals surface area contributed by atoms with Gasteiger partial charge in [0.1, 0.15) is 11.4 Å². The molecule has 1 aromatic carbocycles. The fourth-order valence-electron chi connectivity index (χ4n) is 4.56. The van der Waals surface area contributed by atoms with E-state index >= 15 is 0 Å². The van der Waals surface area contributed by atoms with Crippen LogP contribution in [-0.4, -0.2) is 46.9 Å². The quantitative estimate of drug-likeness (QED) is 0.620. The molecule has 1 aromatic rings. The van der Waals surface area contributed by atoms with Crippen molar-refractivity contribution in [2.45, 2.75) is 84.4 Å². The Labute approximate surface area is 179 Å². The van der Waals surface area contributed by atoms with Crippen LogP contribution in [0.5, 0.6) is 5.75 Å². The Kier molecular flexibility index (Phi) is 6.64. The van der Waals surface area contributed by atoms with Gasteiger partial charge in [-0.2, -0.15) is 0 Å². The number of fused-ring (bicyclic) bond motifs is 1. The third-order valence-corrected chi connectivity index (χ3v) is 6.05. The summed E-state index contributed by atoms with van der Waals surface area (Å²) in [7, 11) is 1.61. The minimum atomic E-state index is -0.977. The van der Waals surface area contributed by atoms with E-state index in [-0.39, 0.29) is 0 Å². The third-order valence-electron chi connectivity index (χ3n) is 6.05. The second-order valence-electron chi connectivity index (χ2n) is 9.46. The molecule has 1 N–H and O–H groups in total. The Morgan fingerprint density at radius 2 is 1.80 bits per heavy atom. The molecule has 0 bridgehead atoms. The van der Waals surface area contributed by atoms with Gasteiger partial charge >= 0.3 is 12.2 Å². The lowest BCUT2D eigenvalue weighted by atomic mass is 9.85. The summed E-state index contributed by atoms with van der Waals surface area (Å²) in [6.07, 6.45) is 0.402. The van der Waals surface area contributed by atoms with Crippen LogP contribution in [0.15, 0.2) is 18.2 Å². The molecule has 2 amide bonds. The predicted octanol–water partition coefficient (Wildman–Crippen LogP) is 5.61. The number of methoxy groups -OCH3 is 1. The average molecular weight is 421 g/mol. The number of carbonyl (C=O) groups is 2. The maximum absolute atomic E-state index is 13.0. The lowest BCUT2D eigenvalue weighted by Crippen LogP contribution is -2.58. The number of cyclic esters (lactones) is 1. The summed E-state index contributed by atoms with van der Waals surface area (Å²) in [6, 6.07) is 5.66. The second-order valence-corrected chi connectivity index (χ2v) is 9.46. The van der Waals surface area contributed by atoms with Crippen molar-refractivity contribution < 1.29 is 24.2 Å². The first-order valence-electron chi connectivity index (χ1n) is 10.5. The molecule has 0 radical (unpaired) electrons. The van der Waals surface area contributed by atoms with Crippen LogP contribution in [0.3, 0.4) is 0 Å². The van der Waals surface area contributed by atoms with E-state index in [1.54, 1.807) is 12.0 Å². The smallest absolute Gasteiger partial charge is 0.415 e. The highest BCUT2D eigenvalue weighted by Crippen LogP contribution is 2.45. The van der Waals surface area contributed by atoms with Crippen LogP contribution < -0.4 is 9.64 Å². The lowest BCUT2D eigenvalue weighted by molar-refractivity contribution is -0.00245. The van der Waals surface area contributed by atoms with Crippen LogP contribution in [0.4, 0.5) is 15.3 Å². The summed E-state index contributed by atoms with van der Waals surface area (Å²) in [5.41, 5.74) is -0.214. The van der Waals surface area contributed by atoms with Crippen LogP contribution in [0, 0.1) is 0 Å². The number of carbonyl (C=O) groups excluding carboxylic acids is 1. The summed E-state index contributed by atoms with van der Waals surface area (Å²) < 4.78 is 11.4. The van der Waals surface area contributed by atoms with Gasteiger partial charge in [0.2, 0.25) is 0 Å². The molecule has 1 aliphatic rings. The highest BCUT2D eigenvalue weighted by molar-refractivity contribution is 5.91. The van der Waals surface area contributed by atoms with Crippen molar-refractivity contribution in [2.75, 3.05) is 18.6 Å². The summed E-state index contributed by atoms with van der Waals surface area (Å²) in [5, 5.41) is 9.79. The van der Waals surface area contributed by atoms with E-state index < -0.39 is 28.9 Å². The number of ether oxygens (including phenoxy) is 2. The SMILES string of the molecule is CCC1(CC)OC(=O)N(CCC(C)(C)N(C(=O)O)C(C)(C)C)c2ccc(OC)cc21. The Morgan fingerprint density at radius 3 is 2.27 bits per heavy atom. The molecule has 1 aliphatic heterocycles. The molecule has 0 unspecified atom stereocenters. The monoisotopic (exact) mass is 420 g/mol. The van der Waals surface area contributed by atoms with Gasteiger partial charge in [0.05, 0.1) is 12.8 Å². The Balaban J connectivity index is 2.41. The van der Waals surface area contributed by atoms with Crippen LogP contribution >= 0.6 is 0 Å². The molecule has 0 aliphatic carbocycles. The Hall–Kier alpha value is -2.44. The van der Waals surface area contributed by atoms with Crippen LogP contribution in [0.2, 0.25) is 0 Å². The number of rotatable bonds is 7. The van der Waals surface area contributed by atoms with Crippen LogP contribution in [0.25, 0.3) is 0 Å². The number of hydrogen-bond donors (Lipinski definition) is 1. The van der Waals surface area contributed by atoms with Crippen molar-refractivity contribution in [2.24, 2.45) is 0 Å². The van der Waals surface area contributed by atoms with Gasteiger partial charge in [-0.25, -0.2) is 9.59 Å². The molecule has 0 aromatic heterocycles. The van der Waals surface area contributed by atoms with E-state index in [1.807, 2.05) is 66.7 Å². The minimum absolute atomic E-state index is 0.342. The number of anilines is 1. The minimum Gasteiger partial charge on any atom is -0.497 e. The summed E-state index contributed by atoms with van der Waals surface area (Å²) >= 11 is 0. The van der Waals surface area contributed by atoms with E-state index in [0.717, 1.165) is 11.3 Å². The van der Waals surface area contributed by atoms with Crippen molar-refractivity contribution >= 4 is 17.9 Å². The molecule has 30 heavy (non-hydrogen) atoms. The van der Waals surface area contributed by atoms with Crippen LogP contribution in [0.1, 0.15) is 73.3 Å². The molecule has 0 saturated heterocycles. The van der Waals surface area contributed by atoms with Crippen molar-refractivity contribution in [3.63, 3.8) is 0 Å². The van der Waals surface area contributed by atoms with E-state index in [9.17, 15) is 14.7 Å². The van der Waals surface area contributed by atoms with Gasteiger partial charge in [0.25, 0.3) is 0 Å². The van der Waals surface area contributed by atoms with Gasteiger partial charge in [-0.3, -0.25) is 9.80 Å². The van der Waals surface area contributed by atoms with Gasteiger partial charge in [0.15, 0.2) is 0 Å². The van der Waals surface area contributed by atoms with Gasteiger partial charge in [0, 0.05) is 23.2 Å². The standard InChI is InChI=1S/C23H36N2O5/c1-9-23(10-2)17-15-16(29-8)11-12-18(17)24(20(28)30-23)14-13-22(6,7)25(19(26)27)21(3,4)5/h11-12,15H,9-10,13-14H2,1-8H3,(H,26,27). The number of benzene rings is 1. The first-order chi connectivity index (χ1) is 13.8. The molecule has 168 valence electrons. The van der Waals surface area contributed by atoms with Gasteiger partial charge in [-0.15, -0.1) is 0 Å². The third kappa shape index (κ3) is 4.35. The molecular weight excluding hydrogens is 384 g/mol. The molecule has 0 spiro atoms.